The van der Waals surface area contributed by atoms with Gasteiger partial charge in [0.15, 0.2) is 0 Å². The smallest absolute Gasteiger partial charge is 0.119 e. The molecule has 0 heterocycles. The highest BCUT2D eigenvalue weighted by Gasteiger charge is 2.15. The second kappa shape index (κ2) is 3.62. The fraction of sp³-hybridized carbons (Fsp3) is 0.500. The minimum atomic E-state index is 0.00752. The normalized spacial score (nSPS) is 17.6. The van der Waals surface area contributed by atoms with Crippen molar-refractivity contribution in [1.29, 1.82) is 0 Å². The SMILES string of the molecule is C[C@H](N)c1cc(O)c2c(c1)CCCC2. The summed E-state index contributed by atoms with van der Waals surface area (Å²) in [5.74, 6) is 0.439. The van der Waals surface area contributed by atoms with E-state index in [-0.39, 0.29) is 6.04 Å². The van der Waals surface area contributed by atoms with Gasteiger partial charge in [-0.15, -0.1) is 0 Å². The Morgan fingerprint density at radius 3 is 2.71 bits per heavy atom. The first-order chi connectivity index (χ1) is 6.68. The zero-order valence-corrected chi connectivity index (χ0v) is 8.59. The van der Waals surface area contributed by atoms with Crippen molar-refractivity contribution in [2.75, 3.05) is 0 Å². The van der Waals surface area contributed by atoms with Gasteiger partial charge in [-0.1, -0.05) is 6.07 Å². The summed E-state index contributed by atoms with van der Waals surface area (Å²) >= 11 is 0. The van der Waals surface area contributed by atoms with Gasteiger partial charge in [-0.25, -0.2) is 0 Å². The highest BCUT2D eigenvalue weighted by Crippen LogP contribution is 2.31. The van der Waals surface area contributed by atoms with Crippen LogP contribution in [0.25, 0.3) is 0 Å². The van der Waals surface area contributed by atoms with Crippen molar-refractivity contribution < 1.29 is 5.11 Å². The van der Waals surface area contributed by atoms with E-state index >= 15 is 0 Å². The van der Waals surface area contributed by atoms with Gasteiger partial charge in [-0.2, -0.15) is 0 Å². The largest absolute Gasteiger partial charge is 0.508 e. The Morgan fingerprint density at radius 2 is 2.00 bits per heavy atom. The fourth-order valence-corrected chi connectivity index (χ4v) is 2.13. The van der Waals surface area contributed by atoms with E-state index in [9.17, 15) is 5.11 Å². The van der Waals surface area contributed by atoms with E-state index in [1.807, 2.05) is 13.0 Å². The molecule has 0 aliphatic heterocycles. The molecule has 0 aromatic heterocycles. The van der Waals surface area contributed by atoms with Crippen LogP contribution in [0.5, 0.6) is 5.75 Å². The van der Waals surface area contributed by atoms with Gasteiger partial charge in [-0.3, -0.25) is 0 Å². The van der Waals surface area contributed by atoms with Crippen molar-refractivity contribution in [1.82, 2.24) is 0 Å². The van der Waals surface area contributed by atoms with E-state index in [0.717, 1.165) is 24.0 Å². The molecule has 0 amide bonds. The Labute approximate surface area is 84.7 Å². The average molecular weight is 191 g/mol. The van der Waals surface area contributed by atoms with Crippen LogP contribution in [0.3, 0.4) is 0 Å². The lowest BCUT2D eigenvalue weighted by Gasteiger charge is -2.19. The molecule has 0 unspecified atom stereocenters. The topological polar surface area (TPSA) is 46.2 Å². The van der Waals surface area contributed by atoms with Gasteiger partial charge in [0.2, 0.25) is 0 Å². The molecule has 2 heteroatoms. The van der Waals surface area contributed by atoms with Crippen LogP contribution in [0.2, 0.25) is 0 Å². The number of hydrogen-bond donors (Lipinski definition) is 2. The number of phenolic OH excluding ortho intramolecular Hbond substituents is 1. The van der Waals surface area contributed by atoms with Crippen molar-refractivity contribution in [2.24, 2.45) is 5.73 Å². The van der Waals surface area contributed by atoms with Crippen LogP contribution >= 0.6 is 0 Å². The van der Waals surface area contributed by atoms with E-state index in [2.05, 4.69) is 6.07 Å². The van der Waals surface area contributed by atoms with Gasteiger partial charge in [0, 0.05) is 6.04 Å². The van der Waals surface area contributed by atoms with Gasteiger partial charge in [0.1, 0.15) is 5.75 Å². The lowest BCUT2D eigenvalue weighted by Crippen LogP contribution is -2.09. The Morgan fingerprint density at radius 1 is 1.29 bits per heavy atom. The summed E-state index contributed by atoms with van der Waals surface area (Å²) in [6.45, 7) is 1.95. The van der Waals surface area contributed by atoms with E-state index in [4.69, 9.17) is 5.73 Å². The van der Waals surface area contributed by atoms with Gasteiger partial charge in [0.25, 0.3) is 0 Å². The van der Waals surface area contributed by atoms with Crippen molar-refractivity contribution in [3.8, 4) is 5.75 Å². The molecule has 1 aliphatic rings. The van der Waals surface area contributed by atoms with Crippen LogP contribution in [-0.2, 0) is 12.8 Å². The molecule has 0 radical (unpaired) electrons. The predicted molar refractivity (Wildman–Crippen MR) is 57.4 cm³/mol. The molecule has 76 valence electrons. The van der Waals surface area contributed by atoms with E-state index < -0.39 is 0 Å². The van der Waals surface area contributed by atoms with Crippen LogP contribution in [0, 0.1) is 0 Å². The molecule has 0 fully saturated rings. The van der Waals surface area contributed by atoms with Gasteiger partial charge < -0.3 is 10.8 Å². The molecular weight excluding hydrogens is 174 g/mol. The number of phenols is 1. The van der Waals surface area contributed by atoms with E-state index in [0.29, 0.717) is 5.75 Å². The fourth-order valence-electron chi connectivity index (χ4n) is 2.13. The van der Waals surface area contributed by atoms with Crippen molar-refractivity contribution >= 4 is 0 Å². The van der Waals surface area contributed by atoms with Crippen LogP contribution in [0.15, 0.2) is 12.1 Å². The summed E-state index contributed by atoms with van der Waals surface area (Å²) in [5, 5.41) is 9.83. The van der Waals surface area contributed by atoms with Crippen LogP contribution < -0.4 is 5.73 Å². The van der Waals surface area contributed by atoms with Crippen LogP contribution in [0.4, 0.5) is 0 Å². The average Bonchev–Trinajstić information content (AvgIpc) is 2.17. The molecule has 0 bridgehead atoms. The highest BCUT2D eigenvalue weighted by atomic mass is 16.3. The summed E-state index contributed by atoms with van der Waals surface area (Å²) in [7, 11) is 0. The number of nitrogens with two attached hydrogens (primary N) is 1. The monoisotopic (exact) mass is 191 g/mol. The van der Waals surface area contributed by atoms with Crippen molar-refractivity contribution in [2.45, 2.75) is 38.6 Å². The standard InChI is InChI=1S/C12H17NO/c1-8(13)10-6-9-4-2-3-5-11(9)12(14)7-10/h6-8,14H,2-5,13H2,1H3/t8-/m0/s1. The van der Waals surface area contributed by atoms with Crippen molar-refractivity contribution in [3.63, 3.8) is 0 Å². The maximum Gasteiger partial charge on any atom is 0.119 e. The second-order valence-electron chi connectivity index (χ2n) is 4.17. The lowest BCUT2D eigenvalue weighted by molar-refractivity contribution is 0.460. The van der Waals surface area contributed by atoms with E-state index in [1.165, 1.54) is 18.4 Å². The zero-order valence-electron chi connectivity index (χ0n) is 8.59. The van der Waals surface area contributed by atoms with Gasteiger partial charge in [-0.05, 0) is 55.4 Å². The molecule has 2 nitrogen and oxygen atoms in total. The summed E-state index contributed by atoms with van der Waals surface area (Å²) < 4.78 is 0. The summed E-state index contributed by atoms with van der Waals surface area (Å²) in [6.07, 6.45) is 4.52. The first-order valence-electron chi connectivity index (χ1n) is 5.28. The number of aromatic hydroxyl groups is 1. The summed E-state index contributed by atoms with van der Waals surface area (Å²) in [5.41, 5.74) is 9.28. The van der Waals surface area contributed by atoms with Crippen LogP contribution in [-0.4, -0.2) is 5.11 Å². The molecular formula is C12H17NO. The quantitative estimate of drug-likeness (QED) is 0.715. The summed E-state index contributed by atoms with van der Waals surface area (Å²) in [6, 6.07) is 3.97. The maximum atomic E-state index is 9.83. The Kier molecular flexibility index (Phi) is 2.46. The minimum Gasteiger partial charge on any atom is -0.508 e. The van der Waals surface area contributed by atoms with E-state index in [1.54, 1.807) is 0 Å². The Hall–Kier alpha value is -1.02. The Bertz CT molecular complexity index is 344. The third-order valence-electron chi connectivity index (χ3n) is 2.99. The number of fused-ring (bicyclic) bond motifs is 1. The van der Waals surface area contributed by atoms with Crippen molar-refractivity contribution in [3.05, 3.63) is 28.8 Å². The third-order valence-corrected chi connectivity index (χ3v) is 2.99. The first kappa shape index (κ1) is 9.53. The molecule has 1 aromatic carbocycles. The molecule has 3 N–H and O–H groups in total. The summed E-state index contributed by atoms with van der Waals surface area (Å²) in [4.78, 5) is 0. The number of benzene rings is 1. The molecule has 0 spiro atoms. The van der Waals surface area contributed by atoms with Gasteiger partial charge >= 0.3 is 0 Å². The minimum absolute atomic E-state index is 0.00752. The third kappa shape index (κ3) is 1.62. The molecule has 1 aromatic rings. The second-order valence-corrected chi connectivity index (χ2v) is 4.17. The molecule has 2 rings (SSSR count). The molecule has 1 atom stereocenters. The number of hydrogen-bond acceptors (Lipinski definition) is 2. The lowest BCUT2D eigenvalue weighted by atomic mass is 9.88. The highest BCUT2D eigenvalue weighted by molar-refractivity contribution is 5.45. The predicted octanol–water partition coefficient (Wildman–Crippen LogP) is 2.29. The van der Waals surface area contributed by atoms with Crippen LogP contribution in [0.1, 0.15) is 42.5 Å². The van der Waals surface area contributed by atoms with Gasteiger partial charge in [0.05, 0.1) is 0 Å². The maximum absolute atomic E-state index is 9.83. The zero-order chi connectivity index (χ0) is 10.1. The number of rotatable bonds is 1. The molecule has 0 saturated carbocycles. The first-order valence-corrected chi connectivity index (χ1v) is 5.28. The Balaban J connectivity index is 2.46. The molecule has 14 heavy (non-hydrogen) atoms. The number of aryl methyl sites for hydroxylation is 1. The molecule has 0 saturated heterocycles. The molecule has 1 aliphatic carbocycles.